The summed E-state index contributed by atoms with van der Waals surface area (Å²) in [6.07, 6.45) is 0. The molecule has 0 saturated heterocycles. The Labute approximate surface area is 100 Å². The Kier molecular flexibility index (Phi) is 3.31. The standard InChI is InChI=1S/C12H18N2O3/c1-6-8(11(16)17-12(3,4)5)10(13)14-9(6)7(2)15/h14H,13H2,1-5H3. The third-order valence-corrected chi connectivity index (χ3v) is 2.23. The maximum absolute atomic E-state index is 11.9. The smallest absolute Gasteiger partial charge is 0.342 e. The van der Waals surface area contributed by atoms with E-state index in [1.54, 1.807) is 27.7 Å². The van der Waals surface area contributed by atoms with Crippen LogP contribution in [0.2, 0.25) is 0 Å². The van der Waals surface area contributed by atoms with Gasteiger partial charge in [-0.05, 0) is 33.3 Å². The van der Waals surface area contributed by atoms with Gasteiger partial charge in [0.15, 0.2) is 5.78 Å². The van der Waals surface area contributed by atoms with Crippen LogP contribution in [0.25, 0.3) is 0 Å². The van der Waals surface area contributed by atoms with Gasteiger partial charge in [0.05, 0.1) is 5.69 Å². The van der Waals surface area contributed by atoms with E-state index in [0.29, 0.717) is 11.3 Å². The number of anilines is 1. The highest BCUT2D eigenvalue weighted by Crippen LogP contribution is 2.23. The molecular weight excluding hydrogens is 220 g/mol. The average molecular weight is 238 g/mol. The lowest BCUT2D eigenvalue weighted by atomic mass is 10.1. The largest absolute Gasteiger partial charge is 0.456 e. The molecule has 0 unspecified atom stereocenters. The normalized spacial score (nSPS) is 11.4. The van der Waals surface area contributed by atoms with Crippen molar-refractivity contribution in [2.24, 2.45) is 0 Å². The van der Waals surface area contributed by atoms with E-state index < -0.39 is 11.6 Å². The van der Waals surface area contributed by atoms with Gasteiger partial charge in [-0.15, -0.1) is 0 Å². The van der Waals surface area contributed by atoms with Gasteiger partial charge in [0.2, 0.25) is 0 Å². The quantitative estimate of drug-likeness (QED) is 0.610. The van der Waals surface area contributed by atoms with Crippen LogP contribution in [-0.2, 0) is 4.74 Å². The Balaban J connectivity index is 3.15. The minimum atomic E-state index is -0.594. The monoisotopic (exact) mass is 238 g/mol. The number of Topliss-reactive ketones (excluding diaryl/α,β-unsaturated/α-hetero) is 1. The predicted molar refractivity (Wildman–Crippen MR) is 65.1 cm³/mol. The van der Waals surface area contributed by atoms with Crippen LogP contribution in [0, 0.1) is 6.92 Å². The first-order chi connectivity index (χ1) is 7.63. The van der Waals surface area contributed by atoms with Crippen LogP contribution in [0.3, 0.4) is 0 Å². The number of nitrogens with one attached hydrogen (secondary N) is 1. The summed E-state index contributed by atoms with van der Waals surface area (Å²) in [6.45, 7) is 8.40. The minimum Gasteiger partial charge on any atom is -0.456 e. The summed E-state index contributed by atoms with van der Waals surface area (Å²) in [5.74, 6) is -0.512. The van der Waals surface area contributed by atoms with Crippen LogP contribution in [-0.4, -0.2) is 22.3 Å². The van der Waals surface area contributed by atoms with Gasteiger partial charge in [0.25, 0.3) is 0 Å². The second kappa shape index (κ2) is 4.24. The van der Waals surface area contributed by atoms with E-state index in [1.807, 2.05) is 0 Å². The van der Waals surface area contributed by atoms with Crippen LogP contribution in [0.1, 0.15) is 54.1 Å². The molecule has 0 radical (unpaired) electrons. The third kappa shape index (κ3) is 2.87. The molecule has 1 aromatic rings. The first kappa shape index (κ1) is 13.3. The van der Waals surface area contributed by atoms with Crippen molar-refractivity contribution in [2.75, 3.05) is 5.73 Å². The van der Waals surface area contributed by atoms with Gasteiger partial charge in [-0.1, -0.05) is 0 Å². The van der Waals surface area contributed by atoms with Crippen molar-refractivity contribution in [1.82, 2.24) is 4.98 Å². The average Bonchev–Trinajstić information content (AvgIpc) is 2.38. The van der Waals surface area contributed by atoms with Crippen LogP contribution in [0.15, 0.2) is 0 Å². The molecule has 0 atom stereocenters. The van der Waals surface area contributed by atoms with Crippen molar-refractivity contribution in [2.45, 2.75) is 40.2 Å². The van der Waals surface area contributed by atoms with E-state index in [-0.39, 0.29) is 17.2 Å². The van der Waals surface area contributed by atoms with Crippen molar-refractivity contribution >= 4 is 17.6 Å². The fraction of sp³-hybridized carbons (Fsp3) is 0.500. The Morgan fingerprint density at radius 1 is 1.29 bits per heavy atom. The Hall–Kier alpha value is -1.78. The van der Waals surface area contributed by atoms with Crippen LogP contribution in [0.5, 0.6) is 0 Å². The maximum atomic E-state index is 11.9. The third-order valence-electron chi connectivity index (χ3n) is 2.23. The summed E-state index contributed by atoms with van der Waals surface area (Å²) < 4.78 is 5.23. The minimum absolute atomic E-state index is 0.163. The fourth-order valence-corrected chi connectivity index (χ4v) is 1.56. The molecule has 0 spiro atoms. The number of ketones is 1. The Morgan fingerprint density at radius 3 is 2.18 bits per heavy atom. The highest BCUT2D eigenvalue weighted by atomic mass is 16.6. The number of ether oxygens (including phenoxy) is 1. The van der Waals surface area contributed by atoms with E-state index in [0.717, 1.165) is 0 Å². The first-order valence-electron chi connectivity index (χ1n) is 5.36. The topological polar surface area (TPSA) is 85.2 Å². The van der Waals surface area contributed by atoms with Crippen molar-refractivity contribution < 1.29 is 14.3 Å². The Morgan fingerprint density at radius 2 is 1.82 bits per heavy atom. The van der Waals surface area contributed by atoms with Gasteiger partial charge >= 0.3 is 5.97 Å². The maximum Gasteiger partial charge on any atom is 0.342 e. The van der Waals surface area contributed by atoms with Crippen LogP contribution < -0.4 is 5.73 Å². The Bertz CT molecular complexity index is 467. The number of esters is 1. The predicted octanol–water partition coefficient (Wildman–Crippen LogP) is 2.06. The van der Waals surface area contributed by atoms with E-state index in [4.69, 9.17) is 10.5 Å². The summed E-state index contributed by atoms with van der Waals surface area (Å²) in [7, 11) is 0. The molecule has 0 aliphatic heterocycles. The molecule has 0 bridgehead atoms. The van der Waals surface area contributed by atoms with Gasteiger partial charge in [0, 0.05) is 6.92 Å². The lowest BCUT2D eigenvalue weighted by Crippen LogP contribution is -2.24. The molecular formula is C12H18N2O3. The molecule has 0 fully saturated rings. The number of carbonyl (C=O) groups excluding carboxylic acids is 2. The molecule has 5 nitrogen and oxygen atoms in total. The molecule has 0 aliphatic rings. The lowest BCUT2D eigenvalue weighted by Gasteiger charge is -2.19. The number of hydrogen-bond acceptors (Lipinski definition) is 4. The molecule has 1 heterocycles. The molecule has 3 N–H and O–H groups in total. The summed E-state index contributed by atoms with van der Waals surface area (Å²) >= 11 is 0. The molecule has 17 heavy (non-hydrogen) atoms. The van der Waals surface area contributed by atoms with Gasteiger partial charge < -0.3 is 15.5 Å². The number of H-pyrrole nitrogens is 1. The number of hydrogen-bond donors (Lipinski definition) is 2. The molecule has 0 amide bonds. The van der Waals surface area contributed by atoms with E-state index >= 15 is 0 Å². The first-order valence-corrected chi connectivity index (χ1v) is 5.36. The molecule has 5 heteroatoms. The summed E-state index contributed by atoms with van der Waals surface area (Å²) in [4.78, 5) is 25.9. The number of aromatic nitrogens is 1. The van der Waals surface area contributed by atoms with E-state index in [2.05, 4.69) is 4.98 Å². The van der Waals surface area contributed by atoms with Gasteiger partial charge in [-0.3, -0.25) is 4.79 Å². The number of carbonyl (C=O) groups is 2. The number of rotatable bonds is 2. The summed E-state index contributed by atoms with van der Waals surface area (Å²) in [6, 6.07) is 0. The zero-order valence-corrected chi connectivity index (χ0v) is 10.8. The fourth-order valence-electron chi connectivity index (χ4n) is 1.56. The number of nitrogens with two attached hydrogens (primary N) is 1. The van der Waals surface area contributed by atoms with Gasteiger partial charge in [-0.25, -0.2) is 4.79 Å². The SMILES string of the molecule is CC(=O)c1[nH]c(N)c(C(=O)OC(C)(C)C)c1C. The molecule has 94 valence electrons. The van der Waals surface area contributed by atoms with Gasteiger partial charge in [0.1, 0.15) is 17.0 Å². The van der Waals surface area contributed by atoms with Crippen LogP contribution >= 0.6 is 0 Å². The molecule has 0 aromatic carbocycles. The zero-order chi connectivity index (χ0) is 13.4. The second-order valence-electron chi connectivity index (χ2n) is 4.97. The van der Waals surface area contributed by atoms with Crippen molar-refractivity contribution in [3.63, 3.8) is 0 Å². The number of nitrogen functional groups attached to an aromatic ring is 1. The van der Waals surface area contributed by atoms with E-state index in [9.17, 15) is 9.59 Å². The van der Waals surface area contributed by atoms with Gasteiger partial charge in [-0.2, -0.15) is 0 Å². The zero-order valence-electron chi connectivity index (χ0n) is 10.8. The van der Waals surface area contributed by atoms with Crippen LogP contribution in [0.4, 0.5) is 5.82 Å². The molecule has 1 rings (SSSR count). The molecule has 0 saturated carbocycles. The lowest BCUT2D eigenvalue weighted by molar-refractivity contribution is 0.00703. The molecule has 1 aromatic heterocycles. The number of aromatic amines is 1. The highest BCUT2D eigenvalue weighted by molar-refractivity contribution is 6.03. The van der Waals surface area contributed by atoms with Crippen molar-refractivity contribution in [3.05, 3.63) is 16.8 Å². The summed E-state index contributed by atoms with van der Waals surface area (Å²) in [5, 5.41) is 0. The second-order valence-corrected chi connectivity index (χ2v) is 4.97. The summed E-state index contributed by atoms with van der Waals surface area (Å²) in [5.41, 5.74) is 6.22. The highest BCUT2D eigenvalue weighted by Gasteiger charge is 2.25. The van der Waals surface area contributed by atoms with Crippen molar-refractivity contribution in [3.8, 4) is 0 Å². The van der Waals surface area contributed by atoms with Crippen molar-refractivity contribution in [1.29, 1.82) is 0 Å². The molecule has 0 aliphatic carbocycles. The van der Waals surface area contributed by atoms with E-state index in [1.165, 1.54) is 6.92 Å².